The van der Waals surface area contributed by atoms with Gasteiger partial charge in [0.15, 0.2) is 6.10 Å². The van der Waals surface area contributed by atoms with Gasteiger partial charge in [-0.2, -0.15) is 0 Å². The van der Waals surface area contributed by atoms with Crippen LogP contribution in [0.2, 0.25) is 0 Å². The lowest BCUT2D eigenvalue weighted by Gasteiger charge is -2.21. The average Bonchev–Trinajstić information content (AvgIpc) is 3.41. The van der Waals surface area contributed by atoms with Crippen molar-refractivity contribution in [3.05, 3.63) is 170 Å². The van der Waals surface area contributed by atoms with Gasteiger partial charge in [0, 0.05) is 19.3 Å². The lowest BCUT2D eigenvalue weighted by atomic mass is 10.1. The molecule has 424 valence electrons. The standard InChI is InChI=1S/C64H97O11P/c1-4-7-10-13-16-19-22-25-27-29-30-32-33-36-38-41-44-47-50-53-62(66)71-57-61(75-64(68)55-52-49-46-43-40-37-34-31-28-26-23-20-17-14-11-8-5-2)59-73-76(69,70)72-58-60(56-65)74-63(67)54-51-48-45-42-39-35-24-21-18-15-12-9-6-3/h7-12,16-21,25-28,30,32,34-39,44-45,47-48,60-61,65H,4-6,13-15,22-24,29,31,33,40-43,46,49-59H2,1-3H3,(H,69,70)/b10-7-,11-8-,12-9-,19-16-,20-17-,21-18-,27-25-,28-26-,32-30-,37-34-,38-36-,39-35-,47-44-,48-45-. The molecule has 76 heavy (non-hydrogen) atoms. The molecule has 3 unspecified atom stereocenters. The fraction of sp³-hybridized carbons (Fsp3) is 0.516. The summed E-state index contributed by atoms with van der Waals surface area (Å²) in [4.78, 5) is 48.4. The molecule has 3 atom stereocenters. The largest absolute Gasteiger partial charge is 0.472 e. The first-order valence-corrected chi connectivity index (χ1v) is 29.5. The van der Waals surface area contributed by atoms with Crippen molar-refractivity contribution in [3.63, 3.8) is 0 Å². The van der Waals surface area contributed by atoms with Crippen LogP contribution in [0.15, 0.2) is 170 Å². The van der Waals surface area contributed by atoms with E-state index >= 15 is 0 Å². The molecule has 0 rings (SSSR count). The molecule has 0 radical (unpaired) electrons. The fourth-order valence-corrected chi connectivity index (χ4v) is 7.29. The topological polar surface area (TPSA) is 155 Å². The highest BCUT2D eigenvalue weighted by molar-refractivity contribution is 7.47. The predicted molar refractivity (Wildman–Crippen MR) is 315 cm³/mol. The van der Waals surface area contributed by atoms with Crippen LogP contribution in [0.25, 0.3) is 0 Å². The smallest absolute Gasteiger partial charge is 0.462 e. The number of hydrogen-bond donors (Lipinski definition) is 2. The van der Waals surface area contributed by atoms with E-state index in [0.29, 0.717) is 19.3 Å². The van der Waals surface area contributed by atoms with Gasteiger partial charge in [0.25, 0.3) is 0 Å². The Balaban J connectivity index is 4.98. The first-order chi connectivity index (χ1) is 37.2. The van der Waals surface area contributed by atoms with Crippen molar-refractivity contribution < 1.29 is 52.2 Å². The van der Waals surface area contributed by atoms with Crippen LogP contribution in [0, 0.1) is 0 Å². The summed E-state index contributed by atoms with van der Waals surface area (Å²) in [5.74, 6) is -1.71. The molecule has 0 heterocycles. The van der Waals surface area contributed by atoms with Gasteiger partial charge in [0.2, 0.25) is 0 Å². The number of rotatable bonds is 49. The fourth-order valence-electron chi connectivity index (χ4n) is 6.50. The highest BCUT2D eigenvalue weighted by Crippen LogP contribution is 2.43. The third kappa shape index (κ3) is 53.7. The maximum Gasteiger partial charge on any atom is 0.472 e. The highest BCUT2D eigenvalue weighted by Gasteiger charge is 2.28. The van der Waals surface area contributed by atoms with E-state index in [-0.39, 0.29) is 19.3 Å². The van der Waals surface area contributed by atoms with Gasteiger partial charge < -0.3 is 24.2 Å². The maximum atomic E-state index is 12.9. The van der Waals surface area contributed by atoms with E-state index in [1.54, 1.807) is 0 Å². The SMILES string of the molecule is CC/C=C\C/C=C\C/C=C\C/C=C\C/C=C\C/C=C\CCC(=O)OCC(COP(=O)(O)OCC(CO)OC(=O)CC/C=C\C/C=C\C/C=C\C/C=C\CC)OC(=O)CCCCCC/C=C\C/C=C\C/C=C\C/C=C\CC. The number of allylic oxidation sites excluding steroid dienone is 28. The number of aliphatic hydroxyl groups is 1. The molecule has 0 spiro atoms. The van der Waals surface area contributed by atoms with Crippen molar-refractivity contribution in [1.29, 1.82) is 0 Å². The summed E-state index contributed by atoms with van der Waals surface area (Å²) in [6.45, 7) is 4.06. The second-order valence-electron chi connectivity index (χ2n) is 17.6. The molecule has 0 aliphatic carbocycles. The molecule has 0 saturated carbocycles. The van der Waals surface area contributed by atoms with Crippen LogP contribution < -0.4 is 0 Å². The number of carbonyl (C=O) groups is 3. The van der Waals surface area contributed by atoms with E-state index in [1.807, 2.05) is 30.4 Å². The Kier molecular flexibility index (Phi) is 52.2. The van der Waals surface area contributed by atoms with Crippen LogP contribution in [0.5, 0.6) is 0 Å². The summed E-state index contributed by atoms with van der Waals surface area (Å²) in [7, 11) is -4.80. The Bertz CT molecular complexity index is 1920. The van der Waals surface area contributed by atoms with Gasteiger partial charge in [-0.15, -0.1) is 0 Å². The number of carbonyl (C=O) groups excluding carboxylic acids is 3. The number of ether oxygens (including phenoxy) is 3. The molecular weight excluding hydrogens is 976 g/mol. The minimum atomic E-state index is -4.80. The Morgan fingerprint density at radius 2 is 0.671 bits per heavy atom. The van der Waals surface area contributed by atoms with Gasteiger partial charge in [-0.05, 0) is 122 Å². The minimum absolute atomic E-state index is 0.0389. The lowest BCUT2D eigenvalue weighted by molar-refractivity contribution is -0.161. The minimum Gasteiger partial charge on any atom is -0.462 e. The zero-order valence-electron chi connectivity index (χ0n) is 46.6. The normalized spacial score (nSPS) is 14.6. The van der Waals surface area contributed by atoms with E-state index in [9.17, 15) is 28.9 Å². The molecule has 12 heteroatoms. The Labute approximate surface area is 459 Å². The van der Waals surface area contributed by atoms with Crippen LogP contribution >= 0.6 is 7.82 Å². The Morgan fingerprint density at radius 3 is 1.05 bits per heavy atom. The molecular formula is C64H97O11P. The van der Waals surface area contributed by atoms with Crippen molar-refractivity contribution in [2.75, 3.05) is 26.4 Å². The number of phosphoric ester groups is 1. The van der Waals surface area contributed by atoms with Crippen LogP contribution in [0.3, 0.4) is 0 Å². The first kappa shape index (κ1) is 70.8. The lowest BCUT2D eigenvalue weighted by Crippen LogP contribution is -2.30. The number of unbranched alkanes of at least 4 members (excludes halogenated alkanes) is 4. The van der Waals surface area contributed by atoms with Crippen LogP contribution in [0.1, 0.15) is 175 Å². The summed E-state index contributed by atoms with van der Waals surface area (Å²) in [6, 6.07) is 0. The van der Waals surface area contributed by atoms with Crippen molar-refractivity contribution in [2.45, 2.75) is 187 Å². The van der Waals surface area contributed by atoms with Gasteiger partial charge in [-0.25, -0.2) is 4.57 Å². The van der Waals surface area contributed by atoms with E-state index in [2.05, 4.69) is 161 Å². The van der Waals surface area contributed by atoms with Gasteiger partial charge in [-0.1, -0.05) is 204 Å². The molecule has 2 N–H and O–H groups in total. The van der Waals surface area contributed by atoms with E-state index in [0.717, 1.165) is 116 Å². The molecule has 0 aromatic carbocycles. The number of aliphatic hydroxyl groups excluding tert-OH is 1. The summed E-state index contributed by atoms with van der Waals surface area (Å²) in [5, 5.41) is 9.79. The average molecular weight is 1070 g/mol. The van der Waals surface area contributed by atoms with E-state index in [4.69, 9.17) is 23.3 Å². The molecule has 0 saturated heterocycles. The molecule has 0 amide bonds. The predicted octanol–water partition coefficient (Wildman–Crippen LogP) is 16.7. The number of esters is 3. The first-order valence-electron chi connectivity index (χ1n) is 28.0. The van der Waals surface area contributed by atoms with Crippen LogP contribution in [-0.4, -0.2) is 66.5 Å². The summed E-state index contributed by atoms with van der Waals surface area (Å²) >= 11 is 0. The Morgan fingerprint density at radius 1 is 0.368 bits per heavy atom. The van der Waals surface area contributed by atoms with Gasteiger partial charge in [-0.3, -0.25) is 23.4 Å². The molecule has 0 aromatic rings. The monoisotopic (exact) mass is 1070 g/mol. The quantitative estimate of drug-likeness (QED) is 0.0197. The summed E-state index contributed by atoms with van der Waals surface area (Å²) in [5.41, 5.74) is 0. The summed E-state index contributed by atoms with van der Waals surface area (Å²) in [6.07, 6.45) is 74.9. The molecule has 0 aliphatic heterocycles. The second-order valence-corrected chi connectivity index (χ2v) is 19.1. The number of hydrogen-bond acceptors (Lipinski definition) is 10. The van der Waals surface area contributed by atoms with Gasteiger partial charge in [0.1, 0.15) is 12.7 Å². The third-order valence-corrected chi connectivity index (χ3v) is 11.6. The van der Waals surface area contributed by atoms with Gasteiger partial charge >= 0.3 is 25.7 Å². The Hall–Kier alpha value is -5.16. The molecule has 0 fully saturated rings. The van der Waals surface area contributed by atoms with Crippen molar-refractivity contribution in [2.24, 2.45) is 0 Å². The van der Waals surface area contributed by atoms with Crippen molar-refractivity contribution in [3.8, 4) is 0 Å². The second kappa shape index (κ2) is 56.1. The van der Waals surface area contributed by atoms with Crippen molar-refractivity contribution >= 4 is 25.7 Å². The van der Waals surface area contributed by atoms with E-state index < -0.39 is 64.4 Å². The zero-order chi connectivity index (χ0) is 55.5. The molecule has 11 nitrogen and oxygen atoms in total. The van der Waals surface area contributed by atoms with Crippen LogP contribution in [-0.2, 0) is 42.2 Å². The highest BCUT2D eigenvalue weighted by atomic mass is 31.2. The maximum absolute atomic E-state index is 12.9. The summed E-state index contributed by atoms with van der Waals surface area (Å²) < 4.78 is 39.3. The molecule has 0 aliphatic rings. The van der Waals surface area contributed by atoms with Crippen molar-refractivity contribution in [1.82, 2.24) is 0 Å². The van der Waals surface area contributed by atoms with Crippen LogP contribution in [0.4, 0.5) is 0 Å². The zero-order valence-corrected chi connectivity index (χ0v) is 47.5. The van der Waals surface area contributed by atoms with E-state index in [1.165, 1.54) is 0 Å². The number of phosphoric acid groups is 1. The third-order valence-electron chi connectivity index (χ3n) is 10.6. The molecule has 0 bridgehead atoms. The van der Waals surface area contributed by atoms with Gasteiger partial charge in [0.05, 0.1) is 19.8 Å². The molecule has 0 aromatic heterocycles.